The lowest BCUT2D eigenvalue weighted by Crippen LogP contribution is -1.99. The maximum atomic E-state index is 9.91. The molecular formula is C14H18N4O3S. The van der Waals surface area contributed by atoms with Crippen molar-refractivity contribution in [1.29, 1.82) is 0 Å². The highest BCUT2D eigenvalue weighted by Crippen LogP contribution is 2.36. The normalized spacial score (nSPS) is 11.1. The van der Waals surface area contributed by atoms with Gasteiger partial charge in [-0.1, -0.05) is 18.7 Å². The van der Waals surface area contributed by atoms with Gasteiger partial charge >= 0.3 is 0 Å². The summed E-state index contributed by atoms with van der Waals surface area (Å²) in [6.45, 7) is 1.99. The number of benzene rings is 1. The molecule has 0 unspecified atom stereocenters. The first-order chi connectivity index (χ1) is 10.6. The Hall–Kier alpha value is -2.22. The second-order valence-corrected chi connectivity index (χ2v) is 5.06. The summed E-state index contributed by atoms with van der Waals surface area (Å²) >= 11 is 1.47. The molecule has 1 heterocycles. The van der Waals surface area contributed by atoms with Crippen LogP contribution >= 0.6 is 11.8 Å². The van der Waals surface area contributed by atoms with Crippen LogP contribution in [0.3, 0.4) is 0 Å². The van der Waals surface area contributed by atoms with Gasteiger partial charge in [-0.05, 0) is 18.4 Å². The molecule has 0 saturated carbocycles. The van der Waals surface area contributed by atoms with E-state index in [0.717, 1.165) is 17.8 Å². The molecule has 0 aliphatic carbocycles. The number of hydrogen-bond donors (Lipinski definition) is 1. The van der Waals surface area contributed by atoms with Crippen LogP contribution in [-0.2, 0) is 6.42 Å². The Morgan fingerprint density at radius 1 is 1.27 bits per heavy atom. The van der Waals surface area contributed by atoms with Gasteiger partial charge in [-0.25, -0.2) is 0 Å². The van der Waals surface area contributed by atoms with E-state index in [1.54, 1.807) is 23.0 Å². The molecule has 2 aromatic rings. The van der Waals surface area contributed by atoms with Gasteiger partial charge in [-0.3, -0.25) is 0 Å². The maximum absolute atomic E-state index is 9.91. The van der Waals surface area contributed by atoms with Gasteiger partial charge in [0.05, 0.1) is 20.4 Å². The molecule has 0 aliphatic rings. The Kier molecular flexibility index (Phi) is 5.26. The monoisotopic (exact) mass is 322 g/mol. The van der Waals surface area contributed by atoms with E-state index >= 15 is 0 Å². The van der Waals surface area contributed by atoms with Crippen molar-refractivity contribution in [1.82, 2.24) is 14.9 Å². The molecule has 0 spiro atoms. The maximum Gasteiger partial charge on any atom is 0.211 e. The van der Waals surface area contributed by atoms with Gasteiger partial charge < -0.3 is 14.6 Å². The van der Waals surface area contributed by atoms with E-state index in [9.17, 15) is 5.11 Å². The van der Waals surface area contributed by atoms with Gasteiger partial charge in [0.2, 0.25) is 10.9 Å². The van der Waals surface area contributed by atoms with E-state index in [4.69, 9.17) is 9.47 Å². The summed E-state index contributed by atoms with van der Waals surface area (Å²) in [7, 11) is 2.96. The predicted molar refractivity (Wildman–Crippen MR) is 85.4 cm³/mol. The summed E-state index contributed by atoms with van der Waals surface area (Å²) in [6, 6.07) is 3.35. The summed E-state index contributed by atoms with van der Waals surface area (Å²) in [5.41, 5.74) is 0.731. The van der Waals surface area contributed by atoms with Crippen LogP contribution in [-0.4, -0.2) is 46.7 Å². The highest BCUT2D eigenvalue weighted by atomic mass is 32.2. The Bertz CT molecular complexity index is 638. The predicted octanol–water partition coefficient (Wildman–Crippen LogP) is 2.17. The molecule has 0 aliphatic heterocycles. The van der Waals surface area contributed by atoms with Gasteiger partial charge in [0, 0.05) is 12.0 Å². The minimum absolute atomic E-state index is 0.0366. The van der Waals surface area contributed by atoms with E-state index < -0.39 is 0 Å². The third-order valence-corrected chi connectivity index (χ3v) is 3.62. The number of thioether (sulfide) groups is 1. The number of aromatic hydroxyl groups is 1. The molecule has 0 atom stereocenters. The third-order valence-electron chi connectivity index (χ3n) is 3.00. The minimum atomic E-state index is -0.0366. The van der Waals surface area contributed by atoms with Gasteiger partial charge in [-0.2, -0.15) is 9.78 Å². The van der Waals surface area contributed by atoms with Gasteiger partial charge in [0.25, 0.3) is 0 Å². The van der Waals surface area contributed by atoms with Crippen molar-refractivity contribution in [2.24, 2.45) is 5.10 Å². The molecule has 7 nitrogen and oxygen atoms in total. The average Bonchev–Trinajstić information content (AvgIpc) is 2.95. The average molecular weight is 322 g/mol. The lowest BCUT2D eigenvalue weighted by molar-refractivity contribution is 0.340. The third kappa shape index (κ3) is 3.16. The fourth-order valence-corrected chi connectivity index (χ4v) is 2.32. The molecule has 0 fully saturated rings. The first-order valence-corrected chi connectivity index (χ1v) is 7.84. The zero-order valence-corrected chi connectivity index (χ0v) is 13.7. The molecule has 0 radical (unpaired) electrons. The van der Waals surface area contributed by atoms with Crippen LogP contribution in [0.15, 0.2) is 22.4 Å². The topological polar surface area (TPSA) is 81.8 Å². The van der Waals surface area contributed by atoms with Crippen LogP contribution in [0.1, 0.15) is 18.3 Å². The number of aryl methyl sites for hydroxylation is 1. The second-order valence-electron chi connectivity index (χ2n) is 4.29. The molecule has 1 N–H and O–H groups in total. The molecule has 22 heavy (non-hydrogen) atoms. The number of ether oxygens (including phenoxy) is 2. The van der Waals surface area contributed by atoms with E-state index in [1.807, 2.05) is 13.2 Å². The summed E-state index contributed by atoms with van der Waals surface area (Å²) in [4.78, 5) is 0. The van der Waals surface area contributed by atoms with Crippen molar-refractivity contribution in [3.05, 3.63) is 23.5 Å². The van der Waals surface area contributed by atoms with Crippen LogP contribution in [0.2, 0.25) is 0 Å². The quantitative estimate of drug-likeness (QED) is 0.648. The molecule has 1 aromatic carbocycles. The summed E-state index contributed by atoms with van der Waals surface area (Å²) < 4.78 is 11.9. The molecule has 0 saturated heterocycles. The number of rotatable bonds is 6. The summed E-state index contributed by atoms with van der Waals surface area (Å²) in [5, 5.41) is 23.2. The zero-order valence-electron chi connectivity index (χ0n) is 12.9. The van der Waals surface area contributed by atoms with E-state index in [2.05, 4.69) is 15.3 Å². The number of nitrogens with zero attached hydrogens (tertiary/aromatic N) is 4. The lowest BCUT2D eigenvalue weighted by Gasteiger charge is -2.09. The Balaban J connectivity index is 2.40. The standard InChI is InChI=1S/C14H18N4O3S/c1-5-12-16-17-14(22-4)18(12)15-8-9-6-10(20-2)13(19)11(7-9)21-3/h6-8,19H,5H2,1-4H3/b15-8-. The SMILES string of the molecule is CCc1nnc(SC)n1/N=C\c1cc(OC)c(O)c(OC)c1. The zero-order chi connectivity index (χ0) is 16.1. The molecule has 0 bridgehead atoms. The lowest BCUT2D eigenvalue weighted by atomic mass is 10.2. The van der Waals surface area contributed by atoms with Crippen LogP contribution in [0, 0.1) is 0 Å². The Morgan fingerprint density at radius 2 is 1.91 bits per heavy atom. The number of methoxy groups -OCH3 is 2. The van der Waals surface area contributed by atoms with Crippen LogP contribution in [0.4, 0.5) is 0 Å². The highest BCUT2D eigenvalue weighted by Gasteiger charge is 2.11. The van der Waals surface area contributed by atoms with Crippen molar-refractivity contribution < 1.29 is 14.6 Å². The Morgan fingerprint density at radius 3 is 2.41 bits per heavy atom. The van der Waals surface area contributed by atoms with Crippen molar-refractivity contribution in [2.75, 3.05) is 20.5 Å². The number of aromatic nitrogens is 3. The van der Waals surface area contributed by atoms with E-state index in [-0.39, 0.29) is 5.75 Å². The summed E-state index contributed by atoms with van der Waals surface area (Å²) in [5.74, 6) is 1.39. The molecule has 0 amide bonds. The molecule has 1 aromatic heterocycles. The molecule has 8 heteroatoms. The van der Waals surface area contributed by atoms with Crippen molar-refractivity contribution in [3.63, 3.8) is 0 Å². The van der Waals surface area contributed by atoms with E-state index in [0.29, 0.717) is 16.7 Å². The largest absolute Gasteiger partial charge is 0.502 e. The minimum Gasteiger partial charge on any atom is -0.502 e. The number of hydrogen-bond acceptors (Lipinski definition) is 7. The first-order valence-electron chi connectivity index (χ1n) is 6.62. The molecule has 2 rings (SSSR count). The smallest absolute Gasteiger partial charge is 0.211 e. The van der Waals surface area contributed by atoms with Gasteiger partial charge in [0.1, 0.15) is 0 Å². The molecular weight excluding hydrogens is 304 g/mol. The van der Waals surface area contributed by atoms with Crippen LogP contribution in [0.25, 0.3) is 0 Å². The van der Waals surface area contributed by atoms with Gasteiger partial charge in [-0.15, -0.1) is 10.2 Å². The number of phenolic OH excluding ortho intramolecular Hbond substituents is 1. The van der Waals surface area contributed by atoms with Crippen LogP contribution < -0.4 is 9.47 Å². The fraction of sp³-hybridized carbons (Fsp3) is 0.357. The fourth-order valence-electron chi connectivity index (χ4n) is 1.87. The van der Waals surface area contributed by atoms with Crippen molar-refractivity contribution in [2.45, 2.75) is 18.5 Å². The van der Waals surface area contributed by atoms with Crippen molar-refractivity contribution in [3.8, 4) is 17.2 Å². The van der Waals surface area contributed by atoms with E-state index in [1.165, 1.54) is 26.0 Å². The Labute approximate surface area is 133 Å². The number of phenols is 1. The summed E-state index contributed by atoms with van der Waals surface area (Å²) in [6.07, 6.45) is 4.29. The van der Waals surface area contributed by atoms with Crippen LogP contribution in [0.5, 0.6) is 17.2 Å². The second kappa shape index (κ2) is 7.17. The van der Waals surface area contributed by atoms with Gasteiger partial charge in [0.15, 0.2) is 17.3 Å². The highest BCUT2D eigenvalue weighted by molar-refractivity contribution is 7.98. The van der Waals surface area contributed by atoms with Crippen molar-refractivity contribution >= 4 is 18.0 Å². The first kappa shape index (κ1) is 16.2. The molecule has 118 valence electrons.